The lowest BCUT2D eigenvalue weighted by Crippen LogP contribution is -2.31. The van der Waals surface area contributed by atoms with Gasteiger partial charge < -0.3 is 10.1 Å². The molecule has 1 amide bonds. The summed E-state index contributed by atoms with van der Waals surface area (Å²) in [5.74, 6) is 0.162. The molecule has 0 aliphatic carbocycles. The van der Waals surface area contributed by atoms with E-state index >= 15 is 0 Å². The number of hydrogen-bond donors (Lipinski definition) is 1. The molecule has 1 N–H and O–H groups in total. The first-order chi connectivity index (χ1) is 14.9. The molecule has 0 spiro atoms. The molecule has 31 heavy (non-hydrogen) atoms. The highest BCUT2D eigenvalue weighted by Crippen LogP contribution is 2.29. The van der Waals surface area contributed by atoms with Crippen LogP contribution in [-0.2, 0) is 11.8 Å². The zero-order valence-electron chi connectivity index (χ0n) is 18.0. The SMILES string of the molecule is Cc1ccc(C(C)NC(=O)COc2cc(C)c3c(-c4cnccn4)nn(C)c3n2)cc1. The summed E-state index contributed by atoms with van der Waals surface area (Å²) < 4.78 is 7.37. The first kappa shape index (κ1) is 20.5. The predicted octanol–water partition coefficient (Wildman–Crippen LogP) is 3.30. The Bertz CT molecular complexity index is 1220. The first-order valence-corrected chi connectivity index (χ1v) is 10.0. The highest BCUT2D eigenvalue weighted by atomic mass is 16.5. The van der Waals surface area contributed by atoms with Crippen molar-refractivity contribution < 1.29 is 9.53 Å². The average molecular weight is 416 g/mol. The monoisotopic (exact) mass is 416 g/mol. The summed E-state index contributed by atoms with van der Waals surface area (Å²) in [5, 5.41) is 8.39. The van der Waals surface area contributed by atoms with Crippen molar-refractivity contribution in [2.75, 3.05) is 6.61 Å². The van der Waals surface area contributed by atoms with E-state index in [2.05, 4.69) is 25.4 Å². The minimum Gasteiger partial charge on any atom is -0.468 e. The molecule has 3 heterocycles. The second-order valence-corrected chi connectivity index (χ2v) is 7.53. The van der Waals surface area contributed by atoms with Gasteiger partial charge in [-0.3, -0.25) is 14.8 Å². The number of nitrogens with zero attached hydrogens (tertiary/aromatic N) is 5. The van der Waals surface area contributed by atoms with Crippen molar-refractivity contribution in [2.24, 2.45) is 7.05 Å². The summed E-state index contributed by atoms with van der Waals surface area (Å²) in [4.78, 5) is 25.4. The Morgan fingerprint density at radius 3 is 2.68 bits per heavy atom. The fourth-order valence-corrected chi connectivity index (χ4v) is 3.44. The van der Waals surface area contributed by atoms with E-state index in [9.17, 15) is 4.79 Å². The molecule has 0 fully saturated rings. The molecule has 8 nitrogen and oxygen atoms in total. The van der Waals surface area contributed by atoms with Crippen molar-refractivity contribution in [2.45, 2.75) is 26.8 Å². The molecular formula is C23H24N6O2. The molecule has 3 aromatic heterocycles. The number of hydrogen-bond acceptors (Lipinski definition) is 6. The standard InChI is InChI=1S/C23H24N6O2/c1-14-5-7-17(8-6-14)16(3)26-19(30)13-31-20-11-15(2)21-22(18-12-24-9-10-25-18)28-29(4)23(21)27-20/h5-12,16H,13H2,1-4H3,(H,26,30). The van der Waals surface area contributed by atoms with Crippen LogP contribution >= 0.6 is 0 Å². The molecule has 1 aromatic carbocycles. The number of pyridine rings is 1. The first-order valence-electron chi connectivity index (χ1n) is 10.0. The second kappa shape index (κ2) is 8.51. The van der Waals surface area contributed by atoms with Crippen molar-refractivity contribution in [3.8, 4) is 17.3 Å². The summed E-state index contributed by atoms with van der Waals surface area (Å²) in [7, 11) is 1.81. The van der Waals surface area contributed by atoms with Crippen molar-refractivity contribution in [1.29, 1.82) is 0 Å². The third kappa shape index (κ3) is 4.37. The van der Waals surface area contributed by atoms with Crippen LogP contribution in [0.25, 0.3) is 22.4 Å². The predicted molar refractivity (Wildman–Crippen MR) is 118 cm³/mol. The van der Waals surface area contributed by atoms with Gasteiger partial charge >= 0.3 is 0 Å². The van der Waals surface area contributed by atoms with E-state index in [1.54, 1.807) is 29.3 Å². The summed E-state index contributed by atoms with van der Waals surface area (Å²) in [6.07, 6.45) is 4.92. The Hall–Kier alpha value is -3.81. The van der Waals surface area contributed by atoms with E-state index in [0.717, 1.165) is 16.5 Å². The number of nitrogens with one attached hydrogen (secondary N) is 1. The van der Waals surface area contributed by atoms with Gasteiger partial charge in [0.2, 0.25) is 5.88 Å². The van der Waals surface area contributed by atoms with Crippen molar-refractivity contribution in [3.05, 3.63) is 65.6 Å². The summed E-state index contributed by atoms with van der Waals surface area (Å²) in [6, 6.07) is 9.77. The van der Waals surface area contributed by atoms with Crippen LogP contribution in [0.4, 0.5) is 0 Å². The zero-order chi connectivity index (χ0) is 22.0. The minimum atomic E-state index is -0.210. The fraction of sp³-hybridized carbons (Fsp3) is 0.261. The molecule has 4 aromatic rings. The van der Waals surface area contributed by atoms with E-state index in [1.807, 2.05) is 52.1 Å². The van der Waals surface area contributed by atoms with Gasteiger partial charge in [-0.05, 0) is 31.9 Å². The van der Waals surface area contributed by atoms with Crippen LogP contribution in [-0.4, -0.2) is 37.2 Å². The lowest BCUT2D eigenvalue weighted by molar-refractivity contribution is -0.123. The zero-order valence-corrected chi connectivity index (χ0v) is 18.0. The molecule has 0 aliphatic heterocycles. The van der Waals surface area contributed by atoms with E-state index in [1.165, 1.54) is 5.56 Å². The minimum absolute atomic E-state index is 0.111. The maximum atomic E-state index is 12.4. The number of aromatic nitrogens is 5. The summed E-state index contributed by atoms with van der Waals surface area (Å²) in [5.41, 5.74) is 5.20. The van der Waals surface area contributed by atoms with Gasteiger partial charge in [0.25, 0.3) is 5.91 Å². The van der Waals surface area contributed by atoms with Gasteiger partial charge in [-0.2, -0.15) is 10.1 Å². The number of carbonyl (C=O) groups is 1. The smallest absolute Gasteiger partial charge is 0.258 e. The Morgan fingerprint density at radius 2 is 1.97 bits per heavy atom. The van der Waals surface area contributed by atoms with E-state index in [4.69, 9.17) is 4.74 Å². The van der Waals surface area contributed by atoms with Crippen LogP contribution in [0.15, 0.2) is 48.9 Å². The highest BCUT2D eigenvalue weighted by molar-refractivity contribution is 5.93. The number of carbonyl (C=O) groups excluding carboxylic acids is 1. The van der Waals surface area contributed by atoms with Gasteiger partial charge in [-0.15, -0.1) is 0 Å². The van der Waals surface area contributed by atoms with E-state index < -0.39 is 0 Å². The molecule has 158 valence electrons. The Kier molecular flexibility index (Phi) is 5.62. The Balaban J connectivity index is 1.48. The largest absolute Gasteiger partial charge is 0.468 e. The molecule has 1 atom stereocenters. The molecule has 0 radical (unpaired) electrons. The lowest BCUT2D eigenvalue weighted by Gasteiger charge is -2.15. The van der Waals surface area contributed by atoms with Gasteiger partial charge in [0.15, 0.2) is 12.3 Å². The quantitative estimate of drug-likeness (QED) is 0.518. The molecule has 0 saturated carbocycles. The lowest BCUT2D eigenvalue weighted by atomic mass is 10.1. The number of benzene rings is 1. The van der Waals surface area contributed by atoms with Gasteiger partial charge in [0, 0.05) is 25.5 Å². The number of fused-ring (bicyclic) bond motifs is 1. The number of aryl methyl sites for hydroxylation is 3. The molecule has 0 aliphatic rings. The number of amides is 1. The second-order valence-electron chi connectivity index (χ2n) is 7.53. The number of ether oxygens (including phenoxy) is 1. The van der Waals surface area contributed by atoms with Crippen molar-refractivity contribution in [3.63, 3.8) is 0 Å². The van der Waals surface area contributed by atoms with Gasteiger partial charge in [-0.1, -0.05) is 29.8 Å². The van der Waals surface area contributed by atoms with E-state index in [0.29, 0.717) is 22.9 Å². The van der Waals surface area contributed by atoms with Crippen molar-refractivity contribution >= 4 is 16.9 Å². The van der Waals surface area contributed by atoms with Gasteiger partial charge in [-0.25, -0.2) is 4.68 Å². The van der Waals surface area contributed by atoms with Gasteiger partial charge in [0.05, 0.1) is 17.6 Å². The molecule has 4 rings (SSSR count). The average Bonchev–Trinajstić information content (AvgIpc) is 3.10. The van der Waals surface area contributed by atoms with Crippen LogP contribution in [0, 0.1) is 13.8 Å². The van der Waals surface area contributed by atoms with E-state index in [-0.39, 0.29) is 18.6 Å². The van der Waals surface area contributed by atoms with Crippen LogP contribution in [0.1, 0.15) is 29.7 Å². The van der Waals surface area contributed by atoms with Crippen molar-refractivity contribution in [1.82, 2.24) is 30.0 Å². The molecule has 0 saturated heterocycles. The molecule has 1 unspecified atom stereocenters. The Morgan fingerprint density at radius 1 is 1.19 bits per heavy atom. The Labute approximate surface area is 180 Å². The van der Waals surface area contributed by atoms with Crippen LogP contribution in [0.5, 0.6) is 5.88 Å². The van der Waals surface area contributed by atoms with Crippen LogP contribution < -0.4 is 10.1 Å². The third-order valence-corrected chi connectivity index (χ3v) is 5.08. The summed E-state index contributed by atoms with van der Waals surface area (Å²) >= 11 is 0. The topological polar surface area (TPSA) is 94.8 Å². The fourth-order valence-electron chi connectivity index (χ4n) is 3.44. The molecule has 8 heteroatoms. The van der Waals surface area contributed by atoms with Crippen LogP contribution in [0.2, 0.25) is 0 Å². The number of rotatable bonds is 6. The van der Waals surface area contributed by atoms with Crippen LogP contribution in [0.3, 0.4) is 0 Å². The molecular weight excluding hydrogens is 392 g/mol. The maximum Gasteiger partial charge on any atom is 0.258 e. The maximum absolute atomic E-state index is 12.4. The van der Waals surface area contributed by atoms with Gasteiger partial charge in [0.1, 0.15) is 11.4 Å². The highest BCUT2D eigenvalue weighted by Gasteiger charge is 2.17. The molecule has 0 bridgehead atoms. The normalized spacial score (nSPS) is 12.0. The third-order valence-electron chi connectivity index (χ3n) is 5.08. The summed E-state index contributed by atoms with van der Waals surface area (Å²) in [6.45, 7) is 5.81.